The van der Waals surface area contributed by atoms with E-state index < -0.39 is 0 Å². The van der Waals surface area contributed by atoms with Gasteiger partial charge in [-0.3, -0.25) is 7.05 Å². The van der Waals surface area contributed by atoms with Gasteiger partial charge in [-0.2, -0.15) is 9.83 Å². The zero-order valence-electron chi connectivity index (χ0n) is 3.24. The predicted octanol–water partition coefficient (Wildman–Crippen LogP) is 3.47. The maximum Gasteiger partial charge on any atom is 0.00947 e. The molecule has 0 spiro atoms. The number of halogens is 1. The molecule has 0 heterocycles. The highest BCUT2D eigenvalue weighted by Gasteiger charge is 1.78. The molecule has 0 aromatic rings. The van der Waals surface area contributed by atoms with Crippen molar-refractivity contribution in [2.24, 2.45) is 0 Å². The van der Waals surface area contributed by atoms with Gasteiger partial charge in [-0.15, -0.1) is 0 Å². The minimum Gasteiger partial charge on any atom is -0.282 e. The minimum atomic E-state index is -0.308. The fraction of sp³-hybridized carbons (Fsp3) is 0. The molecule has 0 aromatic heterocycles. The van der Waals surface area contributed by atoms with Crippen LogP contribution in [0.4, 0.5) is 0 Å². The molecular weight excluding hydrogens is 351 g/mol. The van der Waals surface area contributed by atoms with E-state index in [9.17, 15) is 0 Å². The third kappa shape index (κ3) is 8.92. The van der Waals surface area contributed by atoms with E-state index in [-0.39, 0.29) is 7.05 Å². The summed E-state index contributed by atoms with van der Waals surface area (Å²) in [5.41, 5.74) is 0. The van der Waals surface area contributed by atoms with Crippen LogP contribution < -0.4 is 0 Å². The molecule has 0 bridgehead atoms. The SMILES string of the molecule is S=[S-](=S)SSSSI. The summed E-state index contributed by atoms with van der Waals surface area (Å²) >= 11 is 11.7. The monoisotopic (exact) mass is 351 g/mol. The lowest BCUT2D eigenvalue weighted by molar-refractivity contribution is 5.72. The molecule has 0 saturated carbocycles. The van der Waals surface area contributed by atoms with Crippen molar-refractivity contribution < 1.29 is 0 Å². The van der Waals surface area contributed by atoms with Crippen LogP contribution in [0.1, 0.15) is 0 Å². The van der Waals surface area contributed by atoms with Gasteiger partial charge in [0, 0.05) is 21.2 Å². The second-order valence-electron chi connectivity index (χ2n) is 0.471. The molecular formula is IS7-. The smallest absolute Gasteiger partial charge is 0.00947 e. The number of hydrogen-bond acceptors (Lipinski definition) is 7. The van der Waals surface area contributed by atoms with E-state index in [4.69, 9.17) is 22.4 Å². The summed E-state index contributed by atoms with van der Waals surface area (Å²) in [6, 6.07) is 0. The maximum atomic E-state index is 4.75. The molecule has 0 nitrogen and oxygen atoms in total. The Hall–Kier alpha value is 2.92. The van der Waals surface area contributed by atoms with E-state index in [1.54, 1.807) is 37.4 Å². The van der Waals surface area contributed by atoms with Gasteiger partial charge in [-0.1, -0.05) is 0 Å². The van der Waals surface area contributed by atoms with Crippen LogP contribution in [0, 0.1) is 0 Å². The van der Waals surface area contributed by atoms with Crippen molar-refractivity contribution in [2.75, 3.05) is 0 Å². The van der Waals surface area contributed by atoms with Gasteiger partial charge in [0.05, 0.1) is 0 Å². The molecule has 0 fully saturated rings. The summed E-state index contributed by atoms with van der Waals surface area (Å²) in [4.78, 5) is 0. The first-order chi connectivity index (χ1) is 3.77. The molecule has 50 valence electrons. The van der Waals surface area contributed by atoms with E-state index in [1.807, 2.05) is 0 Å². The highest BCUT2D eigenvalue weighted by molar-refractivity contribution is 14.2. The average molecular weight is 351 g/mol. The summed E-state index contributed by atoms with van der Waals surface area (Å²) in [5.74, 6) is 0. The van der Waals surface area contributed by atoms with E-state index in [2.05, 4.69) is 21.2 Å². The molecule has 0 saturated heterocycles. The van der Waals surface area contributed by atoms with Gasteiger partial charge < -0.3 is 0 Å². The minimum absolute atomic E-state index is 0.308. The van der Waals surface area contributed by atoms with E-state index >= 15 is 0 Å². The molecule has 8 heteroatoms. The maximum absolute atomic E-state index is 4.75. The van der Waals surface area contributed by atoms with Gasteiger partial charge in [-0.05, 0) is 27.6 Å². The molecule has 0 unspecified atom stereocenters. The lowest BCUT2D eigenvalue weighted by Crippen LogP contribution is -1.43. The normalized spacial score (nSPS) is 10.2. The lowest BCUT2D eigenvalue weighted by Gasteiger charge is -1.96. The quantitative estimate of drug-likeness (QED) is 0.327. The first-order valence-corrected chi connectivity index (χ1v) is 12.1. The van der Waals surface area contributed by atoms with E-state index in [0.717, 1.165) is 0 Å². The molecule has 8 heavy (non-hydrogen) atoms. The molecule has 0 N–H and O–H groups in total. The molecule has 0 rings (SSSR count). The van der Waals surface area contributed by atoms with Crippen molar-refractivity contribution in [3.05, 3.63) is 0 Å². The molecule has 0 aromatic carbocycles. The summed E-state index contributed by atoms with van der Waals surface area (Å²) in [5, 5.41) is 0. The average Bonchev–Trinajstić information content (AvgIpc) is 1.66. The Labute approximate surface area is 86.5 Å². The Kier molecular flexibility index (Phi) is 10.9. The standard InChI is InChI=1S/IS7/c1-4-5-6-7-8(2)3/q-1. The number of hydrogen-bond donors (Lipinski definition) is 0. The van der Waals surface area contributed by atoms with Crippen molar-refractivity contribution in [1.82, 2.24) is 0 Å². The largest absolute Gasteiger partial charge is 0.282 e. The molecule has 0 radical (unpaired) electrons. The topological polar surface area (TPSA) is 0 Å². The summed E-state index contributed by atoms with van der Waals surface area (Å²) in [7, 11) is 6.29. The van der Waals surface area contributed by atoms with Gasteiger partial charge in [0.15, 0.2) is 0 Å². The number of rotatable bonds is 4. The molecule has 0 amide bonds. The Morgan fingerprint density at radius 3 is 2.25 bits per heavy atom. The highest BCUT2D eigenvalue weighted by Crippen LogP contribution is 2.46. The van der Waals surface area contributed by atoms with Gasteiger partial charge in [0.25, 0.3) is 0 Å². The fourth-order valence-electron chi connectivity index (χ4n) is 0.0445. The van der Waals surface area contributed by atoms with E-state index in [0.29, 0.717) is 0 Å². The third-order valence-corrected chi connectivity index (χ3v) is 13.7. The zero-order valence-corrected chi connectivity index (χ0v) is 11.1. The third-order valence-electron chi connectivity index (χ3n) is 0.137. The lowest BCUT2D eigenvalue weighted by atomic mass is 30.3. The van der Waals surface area contributed by atoms with Crippen molar-refractivity contribution in [2.45, 2.75) is 0 Å². The first kappa shape index (κ1) is 10.9. The van der Waals surface area contributed by atoms with Crippen LogP contribution in [0.3, 0.4) is 0 Å². The van der Waals surface area contributed by atoms with Crippen LogP contribution in [0.2, 0.25) is 0 Å². The fourth-order valence-corrected chi connectivity index (χ4v) is 14.0. The van der Waals surface area contributed by atoms with Gasteiger partial charge in [0.2, 0.25) is 0 Å². The van der Waals surface area contributed by atoms with Crippen molar-refractivity contribution >= 4 is 88.1 Å². The Bertz CT molecular complexity index is 93.0. The van der Waals surface area contributed by atoms with Crippen molar-refractivity contribution in [3.63, 3.8) is 0 Å². The molecule has 0 aliphatic carbocycles. The van der Waals surface area contributed by atoms with Crippen LogP contribution in [0.5, 0.6) is 0 Å². The Morgan fingerprint density at radius 2 is 1.88 bits per heavy atom. The first-order valence-electron chi connectivity index (χ1n) is 1.15. The summed E-state index contributed by atoms with van der Waals surface area (Å²) in [6.07, 6.45) is 0. The molecule has 0 aliphatic heterocycles. The van der Waals surface area contributed by atoms with Crippen molar-refractivity contribution in [3.8, 4) is 0 Å². The predicted molar refractivity (Wildman–Crippen MR) is 66.5 cm³/mol. The second-order valence-corrected chi connectivity index (χ2v) is 14.8. The van der Waals surface area contributed by atoms with Gasteiger partial charge in [-0.25, -0.2) is 22.4 Å². The summed E-state index contributed by atoms with van der Waals surface area (Å²) in [6.45, 7) is 0. The van der Waals surface area contributed by atoms with Crippen LogP contribution in [0.15, 0.2) is 0 Å². The highest BCUT2D eigenvalue weighted by atomic mass is 127. The second kappa shape index (κ2) is 8.02. The van der Waals surface area contributed by atoms with Crippen molar-refractivity contribution in [1.29, 1.82) is 0 Å². The van der Waals surface area contributed by atoms with Crippen LogP contribution in [-0.4, -0.2) is 0 Å². The Morgan fingerprint density at radius 1 is 1.25 bits per heavy atom. The zero-order chi connectivity index (χ0) is 6.41. The molecule has 0 aliphatic rings. The summed E-state index contributed by atoms with van der Waals surface area (Å²) < 4.78 is 0. The van der Waals surface area contributed by atoms with Crippen LogP contribution in [-0.2, 0) is 29.4 Å². The van der Waals surface area contributed by atoms with Gasteiger partial charge in [0.1, 0.15) is 0 Å². The van der Waals surface area contributed by atoms with Crippen LogP contribution in [0.25, 0.3) is 0 Å². The Balaban J connectivity index is 2.94. The molecule has 0 atom stereocenters. The van der Waals surface area contributed by atoms with E-state index in [1.165, 1.54) is 0 Å². The van der Waals surface area contributed by atoms with Gasteiger partial charge >= 0.3 is 0 Å². The van der Waals surface area contributed by atoms with Crippen LogP contribution >= 0.6 is 58.6 Å².